The lowest BCUT2D eigenvalue weighted by molar-refractivity contribution is -0.120. The average Bonchev–Trinajstić information content (AvgIpc) is 2.48. The van der Waals surface area contributed by atoms with Gasteiger partial charge in [-0.15, -0.1) is 0 Å². The van der Waals surface area contributed by atoms with E-state index < -0.39 is 0 Å². The van der Waals surface area contributed by atoms with Gasteiger partial charge < -0.3 is 10.6 Å². The number of anilines is 3. The van der Waals surface area contributed by atoms with Gasteiger partial charge in [0.15, 0.2) is 0 Å². The van der Waals surface area contributed by atoms with E-state index in [1.807, 2.05) is 24.1 Å². The van der Waals surface area contributed by atoms with E-state index in [-0.39, 0.29) is 5.91 Å². The third kappa shape index (κ3) is 3.02. The minimum Gasteiger partial charge on any atom is -0.382 e. The molecule has 3 heterocycles. The van der Waals surface area contributed by atoms with Crippen LogP contribution in [0.3, 0.4) is 0 Å². The van der Waals surface area contributed by atoms with Gasteiger partial charge >= 0.3 is 0 Å². The SMILES string of the molecule is CC1CCN(c2ccc(N3CCN(C)CC3=O)nc2N)CC1. The molecule has 1 aromatic rings. The molecular weight excluding hydrogens is 278 g/mol. The van der Waals surface area contributed by atoms with Gasteiger partial charge in [0.2, 0.25) is 5.91 Å². The van der Waals surface area contributed by atoms with Crippen molar-refractivity contribution in [3.05, 3.63) is 12.1 Å². The number of carbonyl (C=O) groups excluding carboxylic acids is 1. The maximum absolute atomic E-state index is 12.1. The number of hydrogen-bond acceptors (Lipinski definition) is 5. The van der Waals surface area contributed by atoms with Crippen LogP contribution in [0.25, 0.3) is 0 Å². The molecule has 120 valence electrons. The number of likely N-dealkylation sites (N-methyl/N-ethyl adjacent to an activating group) is 1. The zero-order valence-electron chi connectivity index (χ0n) is 13.5. The standard InChI is InChI=1S/C16H25N5O/c1-12-5-7-20(8-6-12)13-3-4-14(18-16(13)17)21-10-9-19(2)11-15(21)22/h3-4,12H,5-11H2,1-2H3,(H2,17,18). The number of aromatic nitrogens is 1. The first-order valence-corrected chi connectivity index (χ1v) is 8.05. The molecule has 0 spiro atoms. The zero-order chi connectivity index (χ0) is 15.7. The number of pyridine rings is 1. The van der Waals surface area contributed by atoms with Gasteiger partial charge in [0.25, 0.3) is 0 Å². The predicted molar refractivity (Wildman–Crippen MR) is 89.1 cm³/mol. The van der Waals surface area contributed by atoms with Crippen molar-refractivity contribution in [3.8, 4) is 0 Å². The lowest BCUT2D eigenvalue weighted by Crippen LogP contribution is -2.49. The molecule has 6 nitrogen and oxygen atoms in total. The molecule has 0 aromatic carbocycles. The van der Waals surface area contributed by atoms with E-state index in [9.17, 15) is 4.79 Å². The first-order chi connectivity index (χ1) is 10.5. The Morgan fingerprint density at radius 2 is 1.91 bits per heavy atom. The van der Waals surface area contributed by atoms with Crippen LogP contribution < -0.4 is 15.5 Å². The summed E-state index contributed by atoms with van der Waals surface area (Å²) in [5.41, 5.74) is 7.16. The van der Waals surface area contributed by atoms with Crippen molar-refractivity contribution in [2.24, 2.45) is 5.92 Å². The van der Waals surface area contributed by atoms with E-state index in [0.717, 1.165) is 31.2 Å². The number of piperazine rings is 1. The van der Waals surface area contributed by atoms with Crippen molar-refractivity contribution < 1.29 is 4.79 Å². The van der Waals surface area contributed by atoms with Gasteiger partial charge in [-0.25, -0.2) is 4.98 Å². The second-order valence-electron chi connectivity index (χ2n) is 6.53. The fourth-order valence-corrected chi connectivity index (χ4v) is 3.16. The Labute approximate surface area is 131 Å². The van der Waals surface area contributed by atoms with Gasteiger partial charge in [-0.1, -0.05) is 6.92 Å². The van der Waals surface area contributed by atoms with Gasteiger partial charge in [0.1, 0.15) is 11.6 Å². The smallest absolute Gasteiger partial charge is 0.242 e. The number of rotatable bonds is 2. The van der Waals surface area contributed by atoms with Crippen LogP contribution in [0.2, 0.25) is 0 Å². The third-order valence-electron chi connectivity index (χ3n) is 4.70. The number of carbonyl (C=O) groups is 1. The highest BCUT2D eigenvalue weighted by molar-refractivity contribution is 5.95. The lowest BCUT2D eigenvalue weighted by atomic mass is 9.99. The molecule has 1 aromatic heterocycles. The molecule has 3 rings (SSSR count). The van der Waals surface area contributed by atoms with Crippen LogP contribution in [0, 0.1) is 5.92 Å². The fraction of sp³-hybridized carbons (Fsp3) is 0.625. The number of piperidine rings is 1. The van der Waals surface area contributed by atoms with Crippen LogP contribution in [0.15, 0.2) is 12.1 Å². The van der Waals surface area contributed by atoms with Crippen molar-refractivity contribution >= 4 is 23.2 Å². The van der Waals surface area contributed by atoms with E-state index in [2.05, 4.69) is 16.8 Å². The Bertz CT molecular complexity index is 553. The monoisotopic (exact) mass is 303 g/mol. The van der Waals surface area contributed by atoms with Gasteiger partial charge in [-0.05, 0) is 37.9 Å². The summed E-state index contributed by atoms with van der Waals surface area (Å²) >= 11 is 0. The molecule has 0 atom stereocenters. The van der Waals surface area contributed by atoms with Crippen LogP contribution in [0.5, 0.6) is 0 Å². The van der Waals surface area contributed by atoms with Crippen LogP contribution in [-0.4, -0.2) is 55.6 Å². The van der Waals surface area contributed by atoms with E-state index >= 15 is 0 Å². The quantitative estimate of drug-likeness (QED) is 0.888. The van der Waals surface area contributed by atoms with E-state index in [1.54, 1.807) is 4.90 Å². The molecule has 2 saturated heterocycles. The summed E-state index contributed by atoms with van der Waals surface area (Å²) in [5, 5.41) is 0. The summed E-state index contributed by atoms with van der Waals surface area (Å²) in [6.07, 6.45) is 2.39. The molecule has 0 unspecified atom stereocenters. The number of nitrogens with two attached hydrogens (primary N) is 1. The van der Waals surface area contributed by atoms with Gasteiger partial charge in [0.05, 0.1) is 12.2 Å². The molecule has 0 bridgehead atoms. The fourth-order valence-electron chi connectivity index (χ4n) is 3.16. The van der Waals surface area contributed by atoms with Crippen molar-refractivity contribution in [1.29, 1.82) is 0 Å². The Balaban J connectivity index is 1.76. The molecule has 1 amide bonds. The van der Waals surface area contributed by atoms with Crippen LogP contribution >= 0.6 is 0 Å². The second-order valence-corrected chi connectivity index (χ2v) is 6.53. The number of nitrogen functional groups attached to an aromatic ring is 1. The van der Waals surface area contributed by atoms with Gasteiger partial charge in [-0.3, -0.25) is 14.6 Å². The molecule has 2 fully saturated rings. The highest BCUT2D eigenvalue weighted by atomic mass is 16.2. The molecule has 0 aliphatic carbocycles. The lowest BCUT2D eigenvalue weighted by Gasteiger charge is -2.34. The average molecular weight is 303 g/mol. The van der Waals surface area contributed by atoms with Crippen molar-refractivity contribution in [1.82, 2.24) is 9.88 Å². The predicted octanol–water partition coefficient (Wildman–Crippen LogP) is 1.18. The first-order valence-electron chi connectivity index (χ1n) is 8.05. The summed E-state index contributed by atoms with van der Waals surface area (Å²) in [6.45, 7) is 6.31. The highest BCUT2D eigenvalue weighted by Crippen LogP contribution is 2.29. The van der Waals surface area contributed by atoms with E-state index in [1.165, 1.54) is 12.8 Å². The molecular formula is C16H25N5O. The summed E-state index contributed by atoms with van der Waals surface area (Å²) in [4.78, 5) is 22.7. The maximum Gasteiger partial charge on any atom is 0.242 e. The zero-order valence-corrected chi connectivity index (χ0v) is 13.5. The minimum absolute atomic E-state index is 0.0835. The number of amides is 1. The molecule has 22 heavy (non-hydrogen) atoms. The summed E-state index contributed by atoms with van der Waals surface area (Å²) in [5.74, 6) is 2.07. The molecule has 2 aliphatic rings. The minimum atomic E-state index is 0.0835. The van der Waals surface area contributed by atoms with E-state index in [0.29, 0.717) is 24.7 Å². The number of hydrogen-bond donors (Lipinski definition) is 1. The summed E-state index contributed by atoms with van der Waals surface area (Å²) in [6, 6.07) is 3.94. The Morgan fingerprint density at radius 1 is 1.18 bits per heavy atom. The molecule has 0 radical (unpaired) electrons. The van der Waals surface area contributed by atoms with Crippen molar-refractivity contribution in [2.75, 3.05) is 55.3 Å². The van der Waals surface area contributed by atoms with Gasteiger partial charge in [0, 0.05) is 26.2 Å². The summed E-state index contributed by atoms with van der Waals surface area (Å²) in [7, 11) is 1.96. The molecule has 2 aliphatic heterocycles. The Kier molecular flexibility index (Phi) is 4.20. The van der Waals surface area contributed by atoms with Crippen LogP contribution in [-0.2, 0) is 4.79 Å². The van der Waals surface area contributed by atoms with E-state index in [4.69, 9.17) is 5.73 Å². The first kappa shape index (κ1) is 15.1. The third-order valence-corrected chi connectivity index (χ3v) is 4.70. The Hall–Kier alpha value is -1.82. The van der Waals surface area contributed by atoms with Crippen molar-refractivity contribution in [2.45, 2.75) is 19.8 Å². The molecule has 6 heteroatoms. The molecule has 2 N–H and O–H groups in total. The molecule has 0 saturated carbocycles. The van der Waals surface area contributed by atoms with Gasteiger partial charge in [-0.2, -0.15) is 0 Å². The normalized spacial score (nSPS) is 21.5. The number of nitrogens with zero attached hydrogens (tertiary/aromatic N) is 4. The van der Waals surface area contributed by atoms with Crippen LogP contribution in [0.1, 0.15) is 19.8 Å². The van der Waals surface area contributed by atoms with Crippen LogP contribution in [0.4, 0.5) is 17.3 Å². The largest absolute Gasteiger partial charge is 0.382 e. The maximum atomic E-state index is 12.1. The van der Waals surface area contributed by atoms with Crippen molar-refractivity contribution in [3.63, 3.8) is 0 Å². The second kappa shape index (κ2) is 6.12. The topological polar surface area (TPSA) is 65.7 Å². The highest BCUT2D eigenvalue weighted by Gasteiger charge is 2.25. The Morgan fingerprint density at radius 3 is 2.55 bits per heavy atom. The summed E-state index contributed by atoms with van der Waals surface area (Å²) < 4.78 is 0.